The van der Waals surface area contributed by atoms with Crippen LogP contribution >= 0.6 is 0 Å². The van der Waals surface area contributed by atoms with Crippen molar-refractivity contribution in [3.63, 3.8) is 0 Å². The van der Waals surface area contributed by atoms with E-state index in [2.05, 4.69) is 5.32 Å². The zero-order valence-corrected chi connectivity index (χ0v) is 8.84. The molecule has 0 aliphatic rings. The molecule has 78 valence electrons. The summed E-state index contributed by atoms with van der Waals surface area (Å²) in [6.45, 7) is 5.79. The van der Waals surface area contributed by atoms with Crippen molar-refractivity contribution in [3.05, 3.63) is 12.2 Å². The number of rotatable bonds is 7. The molecule has 0 saturated carbocycles. The molecule has 0 aromatic rings. The number of hydrogen-bond donors (Lipinski definition) is 2. The van der Waals surface area contributed by atoms with Gasteiger partial charge >= 0.3 is 0 Å². The van der Waals surface area contributed by atoms with E-state index in [1.54, 1.807) is 7.11 Å². The largest absolute Gasteiger partial charge is 0.389 e. The maximum absolute atomic E-state index is 9.78. The van der Waals surface area contributed by atoms with Crippen LogP contribution in [0.1, 0.15) is 20.3 Å². The Morgan fingerprint density at radius 3 is 2.77 bits per heavy atom. The average Bonchev–Trinajstić information content (AvgIpc) is 2.09. The quantitative estimate of drug-likeness (QED) is 0.460. The van der Waals surface area contributed by atoms with E-state index < -0.39 is 5.60 Å². The van der Waals surface area contributed by atoms with Crippen LogP contribution in [0.2, 0.25) is 0 Å². The minimum absolute atomic E-state index is 0.596. The first-order valence-corrected chi connectivity index (χ1v) is 4.65. The standard InChI is InChI=1S/C10H21NO2/c1-4-5-7-11-9-10(2,12)6-8-13-3/h4-5,11-12H,6-9H2,1-3H3/b5-4+. The van der Waals surface area contributed by atoms with Crippen molar-refractivity contribution in [2.24, 2.45) is 0 Å². The monoisotopic (exact) mass is 187 g/mol. The highest BCUT2D eigenvalue weighted by Crippen LogP contribution is 2.06. The number of hydrogen-bond acceptors (Lipinski definition) is 3. The molecule has 0 rings (SSSR count). The van der Waals surface area contributed by atoms with Gasteiger partial charge in [-0.3, -0.25) is 0 Å². The van der Waals surface area contributed by atoms with Crippen molar-refractivity contribution in [2.75, 3.05) is 26.8 Å². The van der Waals surface area contributed by atoms with Gasteiger partial charge in [-0.1, -0.05) is 12.2 Å². The molecule has 3 nitrogen and oxygen atoms in total. The van der Waals surface area contributed by atoms with Gasteiger partial charge in [0.25, 0.3) is 0 Å². The van der Waals surface area contributed by atoms with Gasteiger partial charge in [0.05, 0.1) is 5.60 Å². The molecule has 0 fully saturated rings. The lowest BCUT2D eigenvalue weighted by Gasteiger charge is -2.22. The van der Waals surface area contributed by atoms with Crippen molar-refractivity contribution >= 4 is 0 Å². The molecule has 0 heterocycles. The maximum Gasteiger partial charge on any atom is 0.0765 e. The number of nitrogens with one attached hydrogen (secondary N) is 1. The van der Waals surface area contributed by atoms with Gasteiger partial charge in [-0.15, -0.1) is 0 Å². The molecule has 0 aromatic carbocycles. The van der Waals surface area contributed by atoms with Crippen LogP contribution in [-0.4, -0.2) is 37.5 Å². The van der Waals surface area contributed by atoms with Crippen LogP contribution in [0.5, 0.6) is 0 Å². The van der Waals surface area contributed by atoms with Crippen molar-refractivity contribution < 1.29 is 9.84 Å². The lowest BCUT2D eigenvalue weighted by atomic mass is 10.0. The summed E-state index contributed by atoms with van der Waals surface area (Å²) < 4.78 is 4.90. The first-order chi connectivity index (χ1) is 6.12. The SMILES string of the molecule is C/C=C/CNCC(C)(O)CCOC. The lowest BCUT2D eigenvalue weighted by molar-refractivity contribution is 0.0258. The first-order valence-electron chi connectivity index (χ1n) is 4.65. The van der Waals surface area contributed by atoms with Crippen LogP contribution in [0.3, 0.4) is 0 Å². The van der Waals surface area contributed by atoms with Gasteiger partial charge in [-0.05, 0) is 13.8 Å². The number of allylic oxidation sites excluding steroid dienone is 1. The van der Waals surface area contributed by atoms with Gasteiger partial charge in [0.2, 0.25) is 0 Å². The smallest absolute Gasteiger partial charge is 0.0765 e. The van der Waals surface area contributed by atoms with Gasteiger partial charge in [0.1, 0.15) is 0 Å². The fourth-order valence-corrected chi connectivity index (χ4v) is 0.953. The minimum Gasteiger partial charge on any atom is -0.389 e. The fraction of sp³-hybridized carbons (Fsp3) is 0.800. The third-order valence-electron chi connectivity index (χ3n) is 1.85. The summed E-state index contributed by atoms with van der Waals surface area (Å²) >= 11 is 0. The topological polar surface area (TPSA) is 41.5 Å². The van der Waals surface area contributed by atoms with E-state index in [0.29, 0.717) is 19.6 Å². The van der Waals surface area contributed by atoms with Crippen LogP contribution in [0.4, 0.5) is 0 Å². The van der Waals surface area contributed by atoms with Crippen molar-refractivity contribution in [3.8, 4) is 0 Å². The molecule has 0 aliphatic heterocycles. The molecule has 2 N–H and O–H groups in total. The predicted octanol–water partition coefficient (Wildman–Crippen LogP) is 0.940. The summed E-state index contributed by atoms with van der Waals surface area (Å²) in [5.74, 6) is 0. The number of methoxy groups -OCH3 is 1. The van der Waals surface area contributed by atoms with E-state index in [-0.39, 0.29) is 0 Å². The molecule has 13 heavy (non-hydrogen) atoms. The molecule has 0 amide bonds. The van der Waals surface area contributed by atoms with E-state index in [9.17, 15) is 5.11 Å². The molecule has 0 aliphatic carbocycles. The highest BCUT2D eigenvalue weighted by Gasteiger charge is 2.18. The van der Waals surface area contributed by atoms with Crippen LogP contribution in [0.25, 0.3) is 0 Å². The van der Waals surface area contributed by atoms with Gasteiger partial charge in [0.15, 0.2) is 0 Å². The second-order valence-corrected chi connectivity index (χ2v) is 3.44. The van der Waals surface area contributed by atoms with Crippen LogP contribution in [-0.2, 0) is 4.74 Å². The molecule has 0 bridgehead atoms. The zero-order chi connectivity index (χ0) is 10.2. The Morgan fingerprint density at radius 1 is 1.54 bits per heavy atom. The molecule has 1 atom stereocenters. The van der Waals surface area contributed by atoms with Crippen molar-refractivity contribution in [1.29, 1.82) is 0 Å². The molecule has 0 saturated heterocycles. The Morgan fingerprint density at radius 2 is 2.23 bits per heavy atom. The highest BCUT2D eigenvalue weighted by molar-refractivity contribution is 4.82. The lowest BCUT2D eigenvalue weighted by Crippen LogP contribution is -2.38. The molecule has 1 unspecified atom stereocenters. The maximum atomic E-state index is 9.78. The normalized spacial score (nSPS) is 16.3. The van der Waals surface area contributed by atoms with E-state index >= 15 is 0 Å². The van der Waals surface area contributed by atoms with Crippen LogP contribution in [0.15, 0.2) is 12.2 Å². The summed E-state index contributed by atoms with van der Waals surface area (Å²) in [4.78, 5) is 0. The van der Waals surface area contributed by atoms with Gasteiger partial charge in [-0.25, -0.2) is 0 Å². The van der Waals surface area contributed by atoms with E-state index in [1.165, 1.54) is 0 Å². The Hall–Kier alpha value is -0.380. The second kappa shape index (κ2) is 7.06. The first kappa shape index (κ1) is 12.6. The number of aliphatic hydroxyl groups is 1. The Kier molecular flexibility index (Phi) is 6.86. The summed E-state index contributed by atoms with van der Waals surface area (Å²) in [6, 6.07) is 0. The fourth-order valence-electron chi connectivity index (χ4n) is 0.953. The highest BCUT2D eigenvalue weighted by atomic mass is 16.5. The molecule has 0 aromatic heterocycles. The van der Waals surface area contributed by atoms with Crippen LogP contribution < -0.4 is 5.32 Å². The van der Waals surface area contributed by atoms with E-state index in [4.69, 9.17) is 4.74 Å². The summed E-state index contributed by atoms with van der Waals surface area (Å²) in [5, 5.41) is 12.9. The molecular formula is C10H21NO2. The Labute approximate surface area is 80.8 Å². The van der Waals surface area contributed by atoms with Crippen molar-refractivity contribution in [1.82, 2.24) is 5.32 Å². The minimum atomic E-state index is -0.669. The molecule has 3 heteroatoms. The summed E-state index contributed by atoms with van der Waals surface area (Å²) in [7, 11) is 1.64. The molecular weight excluding hydrogens is 166 g/mol. The average molecular weight is 187 g/mol. The zero-order valence-electron chi connectivity index (χ0n) is 8.84. The predicted molar refractivity (Wildman–Crippen MR) is 54.8 cm³/mol. The van der Waals surface area contributed by atoms with E-state index in [0.717, 1.165) is 6.54 Å². The summed E-state index contributed by atoms with van der Waals surface area (Å²) in [5.41, 5.74) is -0.669. The Bertz CT molecular complexity index is 144. The third-order valence-corrected chi connectivity index (χ3v) is 1.85. The third kappa shape index (κ3) is 7.96. The van der Waals surface area contributed by atoms with Gasteiger partial charge < -0.3 is 15.2 Å². The van der Waals surface area contributed by atoms with Gasteiger partial charge in [-0.2, -0.15) is 0 Å². The Balaban J connectivity index is 3.49. The van der Waals surface area contributed by atoms with E-state index in [1.807, 2.05) is 26.0 Å². The van der Waals surface area contributed by atoms with Gasteiger partial charge in [0, 0.05) is 33.2 Å². The number of ether oxygens (including phenoxy) is 1. The molecule has 0 radical (unpaired) electrons. The van der Waals surface area contributed by atoms with Crippen molar-refractivity contribution in [2.45, 2.75) is 25.9 Å². The molecule has 0 spiro atoms. The van der Waals surface area contributed by atoms with Crippen LogP contribution in [0, 0.1) is 0 Å². The second-order valence-electron chi connectivity index (χ2n) is 3.44. The summed E-state index contributed by atoms with van der Waals surface area (Å²) in [6.07, 6.45) is 4.66.